The van der Waals surface area contributed by atoms with Gasteiger partial charge >= 0.3 is 12.1 Å². The quantitative estimate of drug-likeness (QED) is 0.538. The van der Waals surface area contributed by atoms with Crippen molar-refractivity contribution in [1.29, 1.82) is 0 Å². The van der Waals surface area contributed by atoms with E-state index in [9.17, 15) is 14.4 Å². The SMILES string of the molecule is C=CCNC(=O)[C@@H]1CCCN(C(=O)Nc2ccc(NC(=O)NC3CCCC3)cc2)C1. The zero-order valence-corrected chi connectivity index (χ0v) is 17.3. The molecule has 4 N–H and O–H groups in total. The number of nitrogens with zero attached hydrogens (tertiary/aromatic N) is 1. The van der Waals surface area contributed by atoms with E-state index < -0.39 is 0 Å². The molecule has 8 heteroatoms. The van der Waals surface area contributed by atoms with Crippen molar-refractivity contribution in [3.63, 3.8) is 0 Å². The Morgan fingerprint density at radius 3 is 2.33 bits per heavy atom. The number of benzene rings is 1. The average molecular weight is 414 g/mol. The molecule has 162 valence electrons. The van der Waals surface area contributed by atoms with E-state index >= 15 is 0 Å². The molecule has 1 aromatic rings. The number of urea groups is 2. The van der Waals surface area contributed by atoms with Gasteiger partial charge in [0.05, 0.1) is 5.92 Å². The molecule has 1 heterocycles. The maximum absolute atomic E-state index is 12.6. The van der Waals surface area contributed by atoms with Gasteiger partial charge in [-0.2, -0.15) is 0 Å². The molecule has 5 amide bonds. The Kier molecular flexibility index (Phi) is 7.70. The van der Waals surface area contributed by atoms with E-state index in [0.29, 0.717) is 31.0 Å². The molecule has 0 radical (unpaired) electrons. The van der Waals surface area contributed by atoms with Crippen LogP contribution < -0.4 is 21.3 Å². The molecule has 1 aliphatic heterocycles. The first-order valence-electron chi connectivity index (χ1n) is 10.7. The van der Waals surface area contributed by atoms with Crippen LogP contribution in [0.1, 0.15) is 38.5 Å². The second-order valence-electron chi connectivity index (χ2n) is 7.91. The molecule has 2 fully saturated rings. The molecule has 0 bridgehead atoms. The van der Waals surface area contributed by atoms with Crippen molar-refractivity contribution in [3.8, 4) is 0 Å². The molecule has 0 unspecified atom stereocenters. The smallest absolute Gasteiger partial charge is 0.321 e. The fourth-order valence-electron chi connectivity index (χ4n) is 3.95. The summed E-state index contributed by atoms with van der Waals surface area (Å²) in [4.78, 5) is 38.5. The summed E-state index contributed by atoms with van der Waals surface area (Å²) < 4.78 is 0. The van der Waals surface area contributed by atoms with Crippen LogP contribution in [0.4, 0.5) is 21.0 Å². The first-order chi connectivity index (χ1) is 14.5. The lowest BCUT2D eigenvalue weighted by molar-refractivity contribution is -0.126. The van der Waals surface area contributed by atoms with Gasteiger partial charge in [-0.25, -0.2) is 9.59 Å². The van der Waals surface area contributed by atoms with Crippen LogP contribution >= 0.6 is 0 Å². The number of hydrogen-bond acceptors (Lipinski definition) is 3. The summed E-state index contributed by atoms with van der Waals surface area (Å²) in [5.41, 5.74) is 1.31. The summed E-state index contributed by atoms with van der Waals surface area (Å²) in [5, 5.41) is 11.5. The number of likely N-dealkylation sites (tertiary alicyclic amines) is 1. The maximum Gasteiger partial charge on any atom is 0.321 e. The first-order valence-corrected chi connectivity index (χ1v) is 10.7. The molecule has 0 aromatic heterocycles. The molecule has 3 rings (SSSR count). The van der Waals surface area contributed by atoms with Crippen molar-refractivity contribution in [2.24, 2.45) is 5.92 Å². The van der Waals surface area contributed by atoms with E-state index in [4.69, 9.17) is 0 Å². The third-order valence-corrected chi connectivity index (χ3v) is 5.58. The second-order valence-corrected chi connectivity index (χ2v) is 7.91. The van der Waals surface area contributed by atoms with Gasteiger partial charge in [0.15, 0.2) is 0 Å². The van der Waals surface area contributed by atoms with Gasteiger partial charge in [0.1, 0.15) is 0 Å². The van der Waals surface area contributed by atoms with Crippen molar-refractivity contribution in [2.45, 2.75) is 44.6 Å². The molecule has 2 aliphatic rings. The zero-order chi connectivity index (χ0) is 21.3. The third kappa shape index (κ3) is 6.23. The molecule has 8 nitrogen and oxygen atoms in total. The Bertz CT molecular complexity index is 759. The highest BCUT2D eigenvalue weighted by atomic mass is 16.2. The molecule has 30 heavy (non-hydrogen) atoms. The Hall–Kier alpha value is -3.03. The minimum Gasteiger partial charge on any atom is -0.352 e. The van der Waals surface area contributed by atoms with Gasteiger partial charge in [-0.3, -0.25) is 4.79 Å². The monoisotopic (exact) mass is 413 g/mol. The topological polar surface area (TPSA) is 103 Å². The van der Waals surface area contributed by atoms with Crippen LogP contribution in [0.2, 0.25) is 0 Å². The lowest BCUT2D eigenvalue weighted by atomic mass is 9.97. The number of amides is 5. The van der Waals surface area contributed by atoms with Crippen LogP contribution in [0.3, 0.4) is 0 Å². The summed E-state index contributed by atoms with van der Waals surface area (Å²) in [5.74, 6) is -0.242. The summed E-state index contributed by atoms with van der Waals surface area (Å²) in [6, 6.07) is 6.85. The van der Waals surface area contributed by atoms with Crippen LogP contribution in [0.15, 0.2) is 36.9 Å². The van der Waals surface area contributed by atoms with Crippen molar-refractivity contribution < 1.29 is 14.4 Å². The summed E-state index contributed by atoms with van der Waals surface area (Å²) in [6.45, 7) is 5.05. The number of anilines is 2. The van der Waals surface area contributed by atoms with Gasteiger partial charge in [-0.1, -0.05) is 18.9 Å². The van der Waals surface area contributed by atoms with Crippen LogP contribution in [-0.2, 0) is 4.79 Å². The largest absolute Gasteiger partial charge is 0.352 e. The van der Waals surface area contributed by atoms with Gasteiger partial charge in [0.2, 0.25) is 5.91 Å². The highest BCUT2D eigenvalue weighted by Gasteiger charge is 2.28. The van der Waals surface area contributed by atoms with Crippen LogP contribution in [-0.4, -0.2) is 48.5 Å². The van der Waals surface area contributed by atoms with Crippen molar-refractivity contribution >= 4 is 29.3 Å². The van der Waals surface area contributed by atoms with E-state index in [1.54, 1.807) is 35.2 Å². The number of nitrogens with one attached hydrogen (secondary N) is 4. The van der Waals surface area contributed by atoms with Gasteiger partial charge in [0.25, 0.3) is 0 Å². The number of piperidine rings is 1. The molecular formula is C22H31N5O3. The van der Waals surface area contributed by atoms with E-state index in [-0.39, 0.29) is 29.9 Å². The molecule has 1 saturated carbocycles. The molecule has 1 aliphatic carbocycles. The molecular weight excluding hydrogens is 382 g/mol. The minimum absolute atomic E-state index is 0.0429. The summed E-state index contributed by atoms with van der Waals surface area (Å²) >= 11 is 0. The van der Waals surface area contributed by atoms with Crippen LogP contribution in [0, 0.1) is 5.92 Å². The highest BCUT2D eigenvalue weighted by molar-refractivity contribution is 5.92. The Morgan fingerprint density at radius 1 is 1.00 bits per heavy atom. The third-order valence-electron chi connectivity index (χ3n) is 5.58. The Labute approximate surface area is 177 Å². The predicted molar refractivity (Wildman–Crippen MR) is 117 cm³/mol. The number of carbonyl (C=O) groups excluding carboxylic acids is 3. The fourth-order valence-corrected chi connectivity index (χ4v) is 3.95. The lowest BCUT2D eigenvalue weighted by Gasteiger charge is -2.32. The Balaban J connectivity index is 1.47. The normalized spacial score (nSPS) is 19.1. The number of hydrogen-bond donors (Lipinski definition) is 4. The summed E-state index contributed by atoms with van der Waals surface area (Å²) in [7, 11) is 0. The molecule has 1 saturated heterocycles. The lowest BCUT2D eigenvalue weighted by Crippen LogP contribution is -2.46. The van der Waals surface area contributed by atoms with Gasteiger partial charge in [-0.05, 0) is 49.9 Å². The summed E-state index contributed by atoms with van der Waals surface area (Å²) in [6.07, 6.45) is 7.60. The second kappa shape index (κ2) is 10.7. The number of rotatable bonds is 6. The average Bonchev–Trinajstić information content (AvgIpc) is 3.26. The van der Waals surface area contributed by atoms with E-state index in [2.05, 4.69) is 27.8 Å². The van der Waals surface area contributed by atoms with E-state index in [1.165, 1.54) is 0 Å². The van der Waals surface area contributed by atoms with Gasteiger partial charge < -0.3 is 26.2 Å². The van der Waals surface area contributed by atoms with Gasteiger partial charge in [0, 0.05) is 37.1 Å². The van der Waals surface area contributed by atoms with E-state index in [1.807, 2.05) is 0 Å². The predicted octanol–water partition coefficient (Wildman–Crippen LogP) is 3.30. The zero-order valence-electron chi connectivity index (χ0n) is 17.3. The van der Waals surface area contributed by atoms with Crippen molar-refractivity contribution in [2.75, 3.05) is 30.3 Å². The molecule has 1 atom stereocenters. The maximum atomic E-state index is 12.6. The minimum atomic E-state index is -0.226. The molecule has 1 aromatic carbocycles. The van der Waals surface area contributed by atoms with Crippen molar-refractivity contribution in [3.05, 3.63) is 36.9 Å². The fraction of sp³-hybridized carbons (Fsp3) is 0.500. The van der Waals surface area contributed by atoms with Gasteiger partial charge in [-0.15, -0.1) is 6.58 Å². The van der Waals surface area contributed by atoms with Crippen LogP contribution in [0.25, 0.3) is 0 Å². The van der Waals surface area contributed by atoms with Crippen molar-refractivity contribution in [1.82, 2.24) is 15.5 Å². The van der Waals surface area contributed by atoms with Crippen LogP contribution in [0.5, 0.6) is 0 Å². The first kappa shape index (κ1) is 21.7. The highest BCUT2D eigenvalue weighted by Crippen LogP contribution is 2.20. The van der Waals surface area contributed by atoms with E-state index in [0.717, 1.165) is 38.5 Å². The standard InChI is InChI=1S/C22H31N5O3/c1-2-13-23-20(28)16-6-5-14-27(15-16)22(30)26-19-11-9-18(10-12-19)25-21(29)24-17-7-3-4-8-17/h2,9-12,16-17H,1,3-8,13-15H2,(H,23,28)(H,26,30)(H2,24,25,29)/t16-/m1/s1. The Morgan fingerprint density at radius 2 is 1.67 bits per heavy atom. The number of carbonyl (C=O) groups is 3. The molecule has 0 spiro atoms.